The zero-order valence-electron chi connectivity index (χ0n) is 9.72. The van der Waals surface area contributed by atoms with E-state index in [-0.39, 0.29) is 0 Å². The summed E-state index contributed by atoms with van der Waals surface area (Å²) in [4.78, 5) is 0. The number of hydrogen-bond acceptors (Lipinski definition) is 3. The Morgan fingerprint density at radius 2 is 2.18 bits per heavy atom. The van der Waals surface area contributed by atoms with Crippen LogP contribution in [0.1, 0.15) is 13.3 Å². The first-order valence-corrected chi connectivity index (χ1v) is 7.08. The fourth-order valence-electron chi connectivity index (χ4n) is 1.70. The fourth-order valence-corrected chi connectivity index (χ4v) is 3.05. The van der Waals surface area contributed by atoms with Gasteiger partial charge in [-0.2, -0.15) is 13.1 Å². The highest BCUT2D eigenvalue weighted by molar-refractivity contribution is 7.90. The number of nitrogens with zero attached hydrogens (tertiary/aromatic N) is 1. The van der Waals surface area contributed by atoms with Gasteiger partial charge < -0.3 is 4.74 Å². The van der Waals surface area contributed by atoms with Crippen molar-refractivity contribution < 1.29 is 13.2 Å². The molecule has 17 heavy (non-hydrogen) atoms. The predicted molar refractivity (Wildman–Crippen MR) is 66.5 cm³/mol. The van der Waals surface area contributed by atoms with E-state index in [0.717, 1.165) is 6.42 Å². The highest BCUT2D eigenvalue weighted by atomic mass is 32.2. The molecule has 0 atom stereocenters. The summed E-state index contributed by atoms with van der Waals surface area (Å²) < 4.78 is 33.5. The standard InChI is InChI=1S/C11H16N2O3S/c1-2-7-12-17(14,15)13-8-9-16-11-6-4-3-5-10(11)13/h3-6,12H,2,7-9H2,1H3. The third kappa shape index (κ3) is 2.53. The first kappa shape index (κ1) is 12.2. The van der Waals surface area contributed by atoms with Crippen molar-refractivity contribution >= 4 is 15.9 Å². The van der Waals surface area contributed by atoms with E-state index in [9.17, 15) is 8.42 Å². The Morgan fingerprint density at radius 1 is 1.41 bits per heavy atom. The number of ether oxygens (including phenoxy) is 1. The van der Waals surface area contributed by atoms with E-state index in [1.165, 1.54) is 4.31 Å². The third-order valence-corrected chi connectivity index (χ3v) is 4.04. The van der Waals surface area contributed by atoms with Crippen LogP contribution in [0, 0.1) is 0 Å². The molecule has 0 saturated heterocycles. The van der Waals surface area contributed by atoms with Gasteiger partial charge in [0.25, 0.3) is 0 Å². The van der Waals surface area contributed by atoms with E-state index < -0.39 is 10.2 Å². The number of fused-ring (bicyclic) bond motifs is 1. The van der Waals surface area contributed by atoms with Gasteiger partial charge in [-0.1, -0.05) is 19.1 Å². The Morgan fingerprint density at radius 3 is 2.94 bits per heavy atom. The van der Waals surface area contributed by atoms with Crippen molar-refractivity contribution in [2.75, 3.05) is 24.0 Å². The summed E-state index contributed by atoms with van der Waals surface area (Å²) in [5.74, 6) is 0.612. The van der Waals surface area contributed by atoms with Crippen LogP contribution < -0.4 is 13.8 Å². The SMILES string of the molecule is CCCNS(=O)(=O)N1CCOc2ccccc21. The number of benzene rings is 1. The van der Waals surface area contributed by atoms with Gasteiger partial charge in [-0.3, -0.25) is 4.31 Å². The van der Waals surface area contributed by atoms with Gasteiger partial charge in [-0.25, -0.2) is 0 Å². The van der Waals surface area contributed by atoms with Gasteiger partial charge in [-0.15, -0.1) is 0 Å². The zero-order valence-corrected chi connectivity index (χ0v) is 10.5. The minimum atomic E-state index is -3.46. The molecule has 1 N–H and O–H groups in total. The Hall–Kier alpha value is -1.27. The minimum absolute atomic E-state index is 0.343. The van der Waals surface area contributed by atoms with E-state index in [1.807, 2.05) is 13.0 Å². The summed E-state index contributed by atoms with van der Waals surface area (Å²) in [6.45, 7) is 3.09. The lowest BCUT2D eigenvalue weighted by Gasteiger charge is -2.30. The second kappa shape index (κ2) is 4.93. The van der Waals surface area contributed by atoms with Crippen LogP contribution in [-0.4, -0.2) is 28.1 Å². The molecule has 1 aromatic rings. The van der Waals surface area contributed by atoms with Crippen LogP contribution in [-0.2, 0) is 10.2 Å². The monoisotopic (exact) mass is 256 g/mol. The second-order valence-corrected chi connectivity index (χ2v) is 5.47. The Labute approximate surface area is 102 Å². The van der Waals surface area contributed by atoms with Crippen molar-refractivity contribution in [2.24, 2.45) is 0 Å². The summed E-state index contributed by atoms with van der Waals surface area (Å²) in [5, 5.41) is 0. The molecule has 0 aliphatic carbocycles. The normalized spacial score (nSPS) is 15.2. The molecule has 6 heteroatoms. The fraction of sp³-hybridized carbons (Fsp3) is 0.455. The van der Waals surface area contributed by atoms with Crippen molar-refractivity contribution in [3.63, 3.8) is 0 Å². The largest absolute Gasteiger partial charge is 0.489 e. The van der Waals surface area contributed by atoms with Crippen LogP contribution in [0.15, 0.2) is 24.3 Å². The van der Waals surface area contributed by atoms with Gasteiger partial charge in [0.15, 0.2) is 0 Å². The molecule has 0 spiro atoms. The molecular formula is C11H16N2O3S. The summed E-state index contributed by atoms with van der Waals surface area (Å²) in [5.41, 5.74) is 0.599. The summed E-state index contributed by atoms with van der Waals surface area (Å²) in [7, 11) is -3.46. The maximum absolute atomic E-state index is 12.1. The van der Waals surface area contributed by atoms with Gasteiger partial charge in [-0.05, 0) is 18.6 Å². The summed E-state index contributed by atoms with van der Waals surface area (Å²) >= 11 is 0. The van der Waals surface area contributed by atoms with Gasteiger partial charge >= 0.3 is 10.2 Å². The molecule has 0 saturated carbocycles. The third-order valence-electron chi connectivity index (χ3n) is 2.51. The van der Waals surface area contributed by atoms with E-state index in [2.05, 4.69) is 4.72 Å². The molecule has 94 valence electrons. The van der Waals surface area contributed by atoms with Crippen LogP contribution in [0.5, 0.6) is 5.75 Å². The highest BCUT2D eigenvalue weighted by Crippen LogP contribution is 2.32. The average molecular weight is 256 g/mol. The molecular weight excluding hydrogens is 240 g/mol. The average Bonchev–Trinajstić information content (AvgIpc) is 2.36. The van der Waals surface area contributed by atoms with Crippen molar-refractivity contribution in [1.82, 2.24) is 4.72 Å². The number of rotatable bonds is 4. The van der Waals surface area contributed by atoms with Crippen molar-refractivity contribution in [2.45, 2.75) is 13.3 Å². The van der Waals surface area contributed by atoms with E-state index in [0.29, 0.717) is 31.1 Å². The van der Waals surface area contributed by atoms with Crippen LogP contribution in [0.2, 0.25) is 0 Å². The topological polar surface area (TPSA) is 58.6 Å². The quantitative estimate of drug-likeness (QED) is 0.878. The number of nitrogens with one attached hydrogen (secondary N) is 1. The zero-order chi connectivity index (χ0) is 12.3. The smallest absolute Gasteiger partial charge is 0.301 e. The van der Waals surface area contributed by atoms with Crippen LogP contribution in [0.25, 0.3) is 0 Å². The molecule has 0 unspecified atom stereocenters. The molecule has 0 fully saturated rings. The molecule has 0 aromatic heterocycles. The first-order valence-electron chi connectivity index (χ1n) is 5.64. The molecule has 1 aliphatic rings. The van der Waals surface area contributed by atoms with E-state index in [4.69, 9.17) is 4.74 Å². The molecule has 1 heterocycles. The van der Waals surface area contributed by atoms with E-state index in [1.54, 1.807) is 18.2 Å². The second-order valence-electron chi connectivity index (χ2n) is 3.79. The lowest BCUT2D eigenvalue weighted by atomic mass is 10.2. The molecule has 0 radical (unpaired) electrons. The number of anilines is 1. The number of hydrogen-bond donors (Lipinski definition) is 1. The lowest BCUT2D eigenvalue weighted by Crippen LogP contribution is -2.45. The Bertz CT molecular complexity index is 487. The summed E-state index contributed by atoms with van der Waals surface area (Å²) in [6.07, 6.45) is 0.769. The molecule has 2 rings (SSSR count). The highest BCUT2D eigenvalue weighted by Gasteiger charge is 2.27. The van der Waals surface area contributed by atoms with Gasteiger partial charge in [0.2, 0.25) is 0 Å². The first-order chi connectivity index (χ1) is 8.15. The van der Waals surface area contributed by atoms with Crippen LogP contribution in [0.3, 0.4) is 0 Å². The number of para-hydroxylation sites is 2. The molecule has 1 aliphatic heterocycles. The maximum atomic E-state index is 12.1. The van der Waals surface area contributed by atoms with Gasteiger partial charge in [0.1, 0.15) is 12.4 Å². The van der Waals surface area contributed by atoms with Crippen LogP contribution in [0.4, 0.5) is 5.69 Å². The Balaban J connectivity index is 2.29. The predicted octanol–water partition coefficient (Wildman–Crippen LogP) is 1.13. The maximum Gasteiger partial charge on any atom is 0.301 e. The molecule has 1 aromatic carbocycles. The molecule has 0 bridgehead atoms. The minimum Gasteiger partial charge on any atom is -0.489 e. The summed E-state index contributed by atoms with van der Waals surface area (Å²) in [6, 6.07) is 7.15. The molecule has 0 amide bonds. The van der Waals surface area contributed by atoms with E-state index >= 15 is 0 Å². The van der Waals surface area contributed by atoms with Crippen molar-refractivity contribution in [3.8, 4) is 5.75 Å². The van der Waals surface area contributed by atoms with Crippen LogP contribution >= 0.6 is 0 Å². The Kier molecular flexibility index (Phi) is 3.54. The van der Waals surface area contributed by atoms with Gasteiger partial charge in [0, 0.05) is 6.54 Å². The van der Waals surface area contributed by atoms with Crippen molar-refractivity contribution in [3.05, 3.63) is 24.3 Å². The molecule has 5 nitrogen and oxygen atoms in total. The van der Waals surface area contributed by atoms with Gasteiger partial charge in [0.05, 0.1) is 12.2 Å². The van der Waals surface area contributed by atoms with Crippen molar-refractivity contribution in [1.29, 1.82) is 0 Å². The lowest BCUT2D eigenvalue weighted by molar-refractivity contribution is 0.315.